The molecule has 0 aromatic heterocycles. The quantitative estimate of drug-likeness (QED) is 0.0269. The van der Waals surface area contributed by atoms with Crippen molar-refractivity contribution in [2.45, 2.75) is 303 Å². The number of hydrogen-bond acceptors (Lipinski definition) is 36. The second-order valence-electron chi connectivity index (χ2n) is 29.4. The Morgan fingerprint density at radius 1 is 0.358 bits per heavy atom. The van der Waals surface area contributed by atoms with Gasteiger partial charge in [0.15, 0.2) is 25.2 Å². The maximum absolute atomic E-state index is 14.0. The standard InChI is InChI=1S/C70H113N13O40/c1-24(73-59(102)26(3)116-55-47(77-30(7)90)67(114)118-40(22-86)53(55)122-69-45(75-28(5)88)51(98)49(96)38(20-84)120-69)57(100)81-36(65(110)111)15-17-42(92)79-33(61(104)72-19-44(94)95)13-10-14-35(64(108)109)83-62(105)34(12-9-11-32(71)63(106)107)80-43(93)18-16-37(66(112)113)82-58(101)25(2)74-60(103)27(4)117-56-48(78-31(8)91)68(115)119-41(23-87)54(56)123-70-46(76-29(6)89)52(99)50(97)39(21-85)121-70/h24-27,32-41,45-56,67-70,84-87,96-99,114-115H,9-23,71H2,1-8H3,(H,72,104)(H,73,102)(H,74,103)(H,75,88)(H,76,89)(H,77,90)(H,78,91)(H,79,92)(H,80,93)(H,81,100)(H,82,101)(H,83,105)(H,94,95)(H,106,107)(H,108,109)(H,110,111)(H,112,113). The van der Waals surface area contributed by atoms with E-state index in [4.69, 9.17) is 43.6 Å². The number of aliphatic hydroxyl groups is 10. The van der Waals surface area contributed by atoms with Gasteiger partial charge < -0.3 is 184 Å². The lowest BCUT2D eigenvalue weighted by atomic mass is 9.94. The fourth-order valence-corrected chi connectivity index (χ4v) is 13.2. The summed E-state index contributed by atoms with van der Waals surface area (Å²) in [5.41, 5.74) is 5.65. The largest absolute Gasteiger partial charge is 0.480 e. The number of nitrogens with two attached hydrogens (primary N) is 1. The first-order valence-electron chi connectivity index (χ1n) is 38.7. The monoisotopic (exact) mass is 1780 g/mol. The molecule has 4 aliphatic rings. The Morgan fingerprint density at radius 2 is 0.683 bits per heavy atom. The molecule has 0 spiro atoms. The lowest BCUT2D eigenvalue weighted by Gasteiger charge is -2.48. The number of nitrogens with one attached hydrogen (secondary N) is 12. The highest BCUT2D eigenvalue weighted by Crippen LogP contribution is 2.34. The van der Waals surface area contributed by atoms with E-state index in [1.165, 1.54) is 0 Å². The first kappa shape index (κ1) is 106. The number of amides is 12. The first-order chi connectivity index (χ1) is 57.6. The number of rotatable bonds is 49. The van der Waals surface area contributed by atoms with Crippen molar-refractivity contribution in [2.24, 2.45) is 5.73 Å². The van der Waals surface area contributed by atoms with Crippen molar-refractivity contribution in [3.8, 4) is 0 Å². The van der Waals surface area contributed by atoms with Gasteiger partial charge in [0.05, 0.1) is 26.4 Å². The Kier molecular flexibility index (Phi) is 43.1. The van der Waals surface area contributed by atoms with Crippen LogP contribution in [0.25, 0.3) is 0 Å². The molecule has 0 aliphatic carbocycles. The van der Waals surface area contributed by atoms with Gasteiger partial charge in [-0.25, -0.2) is 14.4 Å². The van der Waals surface area contributed by atoms with E-state index in [-0.39, 0.29) is 12.8 Å². The second kappa shape index (κ2) is 50.2. The summed E-state index contributed by atoms with van der Waals surface area (Å²) in [6, 6.07) is -20.6. The fourth-order valence-electron chi connectivity index (χ4n) is 13.2. The molecule has 53 heteroatoms. The molecular formula is C70H113N13O40. The molecule has 12 amide bonds. The molecule has 4 rings (SSSR count). The zero-order valence-electron chi connectivity index (χ0n) is 67.9. The van der Waals surface area contributed by atoms with Crippen LogP contribution in [0.2, 0.25) is 0 Å². The van der Waals surface area contributed by atoms with Gasteiger partial charge in [0.1, 0.15) is 165 Å². The van der Waals surface area contributed by atoms with E-state index in [2.05, 4.69) is 58.5 Å². The van der Waals surface area contributed by atoms with Gasteiger partial charge in [0, 0.05) is 40.5 Å². The highest BCUT2D eigenvalue weighted by atomic mass is 16.7. The fraction of sp³-hybridized carbons (Fsp3) is 0.757. The van der Waals surface area contributed by atoms with Gasteiger partial charge in [-0.2, -0.15) is 0 Å². The molecule has 0 saturated carbocycles. The SMILES string of the molecule is CC(=O)NC1C(OC2C(CO)OC(O)C(NC(C)=O)C2OC(C)C(=O)NC(C)C(=O)NC(CCC(=O)NC(CCCC(NC(=O)C(CCCC(N)C(=O)O)NC(=O)CCC(NC(=O)C(C)NC(=O)C(C)OC2C(NC(C)=O)C(O)OC(CO)C2OC2OC(CO)C(O)C(O)C2NC(C)=O)C(=O)O)C(=O)O)C(=O)NCC(=O)O)C(=O)O)OC(CO)C(O)C1O. The molecule has 4 heterocycles. The Bertz CT molecular complexity index is 3650. The van der Waals surface area contributed by atoms with E-state index in [1.54, 1.807) is 0 Å². The molecule has 698 valence electrons. The van der Waals surface area contributed by atoms with Crippen molar-refractivity contribution in [2.75, 3.05) is 33.0 Å². The van der Waals surface area contributed by atoms with Crippen LogP contribution in [0.5, 0.6) is 0 Å². The molecule has 29 N–H and O–H groups in total. The first-order valence-corrected chi connectivity index (χ1v) is 38.7. The van der Waals surface area contributed by atoms with Crippen molar-refractivity contribution < 1.29 is 196 Å². The smallest absolute Gasteiger partial charge is 0.326 e. The highest BCUT2D eigenvalue weighted by Gasteiger charge is 2.56. The van der Waals surface area contributed by atoms with Gasteiger partial charge in [0.25, 0.3) is 0 Å². The third kappa shape index (κ3) is 32.4. The molecule has 123 heavy (non-hydrogen) atoms. The average Bonchev–Trinajstić information content (AvgIpc) is 0.776. The van der Waals surface area contributed by atoms with E-state index >= 15 is 0 Å². The zero-order valence-corrected chi connectivity index (χ0v) is 67.9. The molecule has 4 fully saturated rings. The van der Waals surface area contributed by atoms with Crippen LogP contribution in [0.1, 0.15) is 120 Å². The van der Waals surface area contributed by atoms with E-state index in [0.717, 1.165) is 55.4 Å². The van der Waals surface area contributed by atoms with Crippen LogP contribution >= 0.6 is 0 Å². The molecule has 30 atom stereocenters. The van der Waals surface area contributed by atoms with Crippen molar-refractivity contribution >= 4 is 101 Å². The van der Waals surface area contributed by atoms with Crippen molar-refractivity contribution in [1.29, 1.82) is 0 Å². The lowest BCUT2D eigenvalue weighted by molar-refractivity contribution is -0.333. The molecule has 0 radical (unpaired) electrons. The van der Waals surface area contributed by atoms with E-state index < -0.39 is 368 Å². The zero-order chi connectivity index (χ0) is 92.9. The van der Waals surface area contributed by atoms with Crippen LogP contribution in [0.15, 0.2) is 0 Å². The van der Waals surface area contributed by atoms with Gasteiger partial charge in [-0.1, -0.05) is 0 Å². The predicted octanol–water partition coefficient (Wildman–Crippen LogP) is -14.2. The predicted molar refractivity (Wildman–Crippen MR) is 400 cm³/mol. The third-order valence-electron chi connectivity index (χ3n) is 19.7. The maximum Gasteiger partial charge on any atom is 0.326 e. The van der Waals surface area contributed by atoms with Crippen LogP contribution in [-0.2, 0) is 119 Å². The summed E-state index contributed by atoms with van der Waals surface area (Å²) in [6.45, 7) is 3.72. The molecular weight excluding hydrogens is 1660 g/mol. The minimum atomic E-state index is -2.00. The van der Waals surface area contributed by atoms with Gasteiger partial charge in [-0.05, 0) is 79.1 Å². The van der Waals surface area contributed by atoms with Crippen molar-refractivity contribution in [3.05, 3.63) is 0 Å². The summed E-state index contributed by atoms with van der Waals surface area (Å²) in [5.74, 6) is -20.7. The van der Waals surface area contributed by atoms with Gasteiger partial charge in [-0.3, -0.25) is 67.1 Å². The summed E-state index contributed by atoms with van der Waals surface area (Å²) in [4.78, 5) is 219. The summed E-state index contributed by atoms with van der Waals surface area (Å²) < 4.78 is 46.4. The summed E-state index contributed by atoms with van der Waals surface area (Å²) >= 11 is 0. The number of carboxylic acid groups (broad SMARTS) is 5. The van der Waals surface area contributed by atoms with Crippen molar-refractivity contribution in [3.63, 3.8) is 0 Å². The van der Waals surface area contributed by atoms with Crippen LogP contribution in [-0.4, -0.2) is 393 Å². The number of carboxylic acids is 5. The number of carbonyl (C=O) groups is 17. The molecule has 0 aromatic carbocycles. The van der Waals surface area contributed by atoms with Gasteiger partial charge >= 0.3 is 29.8 Å². The molecule has 30 unspecified atom stereocenters. The molecule has 0 aromatic rings. The molecule has 4 aliphatic heterocycles. The Labute approximate surface area is 699 Å². The van der Waals surface area contributed by atoms with E-state index in [9.17, 15) is 158 Å². The van der Waals surface area contributed by atoms with Crippen LogP contribution < -0.4 is 69.5 Å². The lowest BCUT2D eigenvalue weighted by Crippen LogP contribution is -2.70. The Hall–Kier alpha value is -9.77. The minimum Gasteiger partial charge on any atom is -0.480 e. The summed E-state index contributed by atoms with van der Waals surface area (Å²) in [7, 11) is 0. The topological polar surface area (TPSA) is 838 Å². The summed E-state index contributed by atoms with van der Waals surface area (Å²) in [6.07, 6.45) is -37.3. The molecule has 0 bridgehead atoms. The number of ether oxygens (including phenoxy) is 8. The average molecular weight is 1780 g/mol. The number of carbonyl (C=O) groups excluding carboxylic acids is 12. The molecule has 4 saturated heterocycles. The van der Waals surface area contributed by atoms with Crippen LogP contribution in [0, 0.1) is 0 Å². The van der Waals surface area contributed by atoms with E-state index in [0.29, 0.717) is 0 Å². The summed E-state index contributed by atoms with van der Waals surface area (Å²) in [5, 5.41) is 182. The normalized spacial score (nSPS) is 28.7. The maximum atomic E-state index is 14.0. The number of aliphatic carboxylic acids is 5. The second-order valence-corrected chi connectivity index (χ2v) is 29.4. The Morgan fingerprint density at radius 3 is 1.02 bits per heavy atom. The van der Waals surface area contributed by atoms with Gasteiger partial charge in [-0.15, -0.1) is 0 Å². The van der Waals surface area contributed by atoms with Crippen LogP contribution in [0.4, 0.5) is 0 Å². The number of hydrogen-bond donors (Lipinski definition) is 28. The van der Waals surface area contributed by atoms with Gasteiger partial charge in [0.2, 0.25) is 70.9 Å². The van der Waals surface area contributed by atoms with E-state index in [1.807, 2.05) is 5.32 Å². The highest BCUT2D eigenvalue weighted by molar-refractivity contribution is 5.94. The third-order valence-corrected chi connectivity index (χ3v) is 19.7. The molecule has 53 nitrogen and oxygen atoms in total. The van der Waals surface area contributed by atoms with Crippen molar-refractivity contribution in [1.82, 2.24) is 63.8 Å². The number of aliphatic hydroxyl groups excluding tert-OH is 10. The minimum absolute atomic E-state index is 0.241. The Balaban J connectivity index is 1.42. The van der Waals surface area contributed by atoms with Crippen LogP contribution in [0.3, 0.4) is 0 Å².